The Morgan fingerprint density at radius 2 is 1.73 bits per heavy atom. The highest BCUT2D eigenvalue weighted by molar-refractivity contribution is 7.92. The van der Waals surface area contributed by atoms with Gasteiger partial charge in [-0.05, 0) is 67.6 Å². The lowest BCUT2D eigenvalue weighted by Crippen LogP contribution is -2.31. The zero-order valence-corrected chi connectivity index (χ0v) is 22.1. The molecule has 0 unspecified atom stereocenters. The Kier molecular flexibility index (Phi) is 7.01. The molecule has 5 rings (SSSR count). The van der Waals surface area contributed by atoms with Crippen LogP contribution in [0.1, 0.15) is 23.0 Å². The van der Waals surface area contributed by atoms with Crippen molar-refractivity contribution >= 4 is 59.9 Å². The number of thiazole rings is 1. The number of hydrogen-bond donors (Lipinski definition) is 0. The zero-order valence-electron chi connectivity index (χ0n) is 19.7. The topological polar surface area (TPSA) is 83.7 Å². The van der Waals surface area contributed by atoms with Crippen LogP contribution in [0.5, 0.6) is 0 Å². The van der Waals surface area contributed by atoms with Gasteiger partial charge < -0.3 is 4.42 Å². The molecule has 0 fully saturated rings. The smallest absolute Gasteiger partial charge is 0.264 e. The number of sulfonamides is 1. The summed E-state index contributed by atoms with van der Waals surface area (Å²) < 4.78 is 34.3. The number of furan rings is 1. The van der Waals surface area contributed by atoms with Crippen molar-refractivity contribution in [1.29, 1.82) is 0 Å². The first-order valence-electron chi connectivity index (χ1n) is 11.5. The van der Waals surface area contributed by atoms with E-state index >= 15 is 0 Å². The number of nitrogens with zero attached hydrogens (tertiary/aromatic N) is 3. The van der Waals surface area contributed by atoms with Crippen molar-refractivity contribution in [3.63, 3.8) is 0 Å². The van der Waals surface area contributed by atoms with Gasteiger partial charge in [-0.3, -0.25) is 14.0 Å². The summed E-state index contributed by atoms with van der Waals surface area (Å²) in [5.74, 6) is 0.241. The standard InChI is InChI=1S/C27H22ClN3O4S2/c1-2-31(20-8-4-3-5-9-20)37(33,34)22-15-13-19(14-16-22)26(32)30(18-21-10-7-17-35-21)27-29-25-23(28)11-6-12-24(25)36-27/h3-17H,2,18H2,1H3. The number of aromatic nitrogens is 1. The largest absolute Gasteiger partial charge is 0.467 e. The predicted molar refractivity (Wildman–Crippen MR) is 147 cm³/mol. The fraction of sp³-hybridized carbons (Fsp3) is 0.111. The Hall–Kier alpha value is -3.66. The number of carbonyl (C=O) groups excluding carboxylic acids is 1. The second-order valence-electron chi connectivity index (χ2n) is 8.08. The van der Waals surface area contributed by atoms with Gasteiger partial charge in [0, 0.05) is 12.1 Å². The van der Waals surface area contributed by atoms with Gasteiger partial charge in [0.05, 0.1) is 33.1 Å². The van der Waals surface area contributed by atoms with Crippen LogP contribution in [0.25, 0.3) is 10.2 Å². The third kappa shape index (κ3) is 4.98. The predicted octanol–water partition coefficient (Wildman–Crippen LogP) is 6.60. The SMILES string of the molecule is CCN(c1ccccc1)S(=O)(=O)c1ccc(C(=O)N(Cc2ccco2)c2nc3c(Cl)cccc3s2)cc1. The molecule has 2 heterocycles. The van der Waals surface area contributed by atoms with Crippen LogP contribution in [0.2, 0.25) is 5.02 Å². The van der Waals surface area contributed by atoms with Gasteiger partial charge in [0.15, 0.2) is 5.13 Å². The maximum Gasteiger partial charge on any atom is 0.264 e. The monoisotopic (exact) mass is 551 g/mol. The number of carbonyl (C=O) groups is 1. The number of anilines is 2. The molecule has 0 aliphatic heterocycles. The van der Waals surface area contributed by atoms with E-state index in [1.54, 1.807) is 55.7 Å². The highest BCUT2D eigenvalue weighted by atomic mass is 35.5. The van der Waals surface area contributed by atoms with Crippen LogP contribution in [-0.2, 0) is 16.6 Å². The number of benzene rings is 3. The maximum absolute atomic E-state index is 13.7. The van der Waals surface area contributed by atoms with Gasteiger partial charge in [0.2, 0.25) is 0 Å². The molecule has 0 atom stereocenters. The van der Waals surface area contributed by atoms with Gasteiger partial charge in [-0.2, -0.15) is 0 Å². The number of amides is 1. The van der Waals surface area contributed by atoms with Crippen LogP contribution < -0.4 is 9.21 Å². The molecule has 0 saturated carbocycles. The van der Waals surface area contributed by atoms with E-state index in [1.807, 2.05) is 18.2 Å². The van der Waals surface area contributed by atoms with E-state index in [9.17, 15) is 13.2 Å². The van der Waals surface area contributed by atoms with Crippen molar-refractivity contribution < 1.29 is 17.6 Å². The molecule has 0 radical (unpaired) electrons. The molecule has 0 saturated heterocycles. The normalized spacial score (nSPS) is 11.5. The molecule has 0 N–H and O–H groups in total. The average Bonchev–Trinajstić information content (AvgIpc) is 3.58. The molecule has 3 aromatic carbocycles. The Morgan fingerprint density at radius 3 is 2.38 bits per heavy atom. The second-order valence-corrected chi connectivity index (χ2v) is 11.4. The Balaban J connectivity index is 1.48. The minimum Gasteiger partial charge on any atom is -0.467 e. The van der Waals surface area contributed by atoms with E-state index in [4.69, 9.17) is 16.0 Å². The lowest BCUT2D eigenvalue weighted by atomic mass is 10.2. The molecule has 5 aromatic rings. The van der Waals surface area contributed by atoms with Crippen LogP contribution in [0, 0.1) is 0 Å². The first-order valence-corrected chi connectivity index (χ1v) is 14.1. The summed E-state index contributed by atoms with van der Waals surface area (Å²) >= 11 is 7.66. The summed E-state index contributed by atoms with van der Waals surface area (Å²) in [7, 11) is -3.81. The number of para-hydroxylation sites is 2. The highest BCUT2D eigenvalue weighted by Crippen LogP contribution is 2.34. The van der Waals surface area contributed by atoms with E-state index in [2.05, 4.69) is 4.98 Å². The number of rotatable bonds is 8. The molecule has 0 spiro atoms. The lowest BCUT2D eigenvalue weighted by molar-refractivity contribution is 0.0983. The fourth-order valence-electron chi connectivity index (χ4n) is 3.94. The van der Waals surface area contributed by atoms with Gasteiger partial charge >= 0.3 is 0 Å². The zero-order chi connectivity index (χ0) is 26.0. The number of halogens is 1. The maximum atomic E-state index is 13.7. The van der Waals surface area contributed by atoms with Gasteiger partial charge in [-0.25, -0.2) is 13.4 Å². The van der Waals surface area contributed by atoms with Crippen LogP contribution >= 0.6 is 22.9 Å². The number of fused-ring (bicyclic) bond motifs is 1. The minimum absolute atomic E-state index is 0.0964. The lowest BCUT2D eigenvalue weighted by Gasteiger charge is -2.23. The minimum atomic E-state index is -3.81. The van der Waals surface area contributed by atoms with Gasteiger partial charge in [0.25, 0.3) is 15.9 Å². The van der Waals surface area contributed by atoms with Gasteiger partial charge in [0.1, 0.15) is 11.3 Å². The van der Waals surface area contributed by atoms with E-state index in [1.165, 1.54) is 44.8 Å². The molecule has 0 bridgehead atoms. The van der Waals surface area contributed by atoms with E-state index in [0.29, 0.717) is 32.7 Å². The first-order chi connectivity index (χ1) is 17.9. The molecule has 188 valence electrons. The van der Waals surface area contributed by atoms with Gasteiger partial charge in [-0.15, -0.1) is 0 Å². The fourth-order valence-corrected chi connectivity index (χ4v) is 6.68. The Labute approximate surface area is 223 Å². The third-order valence-corrected chi connectivity index (χ3v) is 9.01. The molecule has 37 heavy (non-hydrogen) atoms. The molecule has 1 amide bonds. The van der Waals surface area contributed by atoms with Crippen LogP contribution in [0.3, 0.4) is 0 Å². The summed E-state index contributed by atoms with van der Waals surface area (Å²) in [5.41, 5.74) is 1.51. The summed E-state index contributed by atoms with van der Waals surface area (Å²) in [6.07, 6.45) is 1.54. The van der Waals surface area contributed by atoms with Crippen LogP contribution in [-0.4, -0.2) is 25.9 Å². The molecule has 0 aliphatic rings. The van der Waals surface area contributed by atoms with Crippen LogP contribution in [0.4, 0.5) is 10.8 Å². The molecule has 7 nitrogen and oxygen atoms in total. The summed E-state index contributed by atoms with van der Waals surface area (Å²) in [5, 5.41) is 0.960. The average molecular weight is 552 g/mol. The van der Waals surface area contributed by atoms with E-state index in [0.717, 1.165) is 4.70 Å². The summed E-state index contributed by atoms with van der Waals surface area (Å²) in [4.78, 5) is 19.9. The second kappa shape index (κ2) is 10.4. The van der Waals surface area contributed by atoms with Crippen molar-refractivity contribution in [2.75, 3.05) is 15.7 Å². The van der Waals surface area contributed by atoms with Crippen molar-refractivity contribution in [2.45, 2.75) is 18.4 Å². The summed E-state index contributed by atoms with van der Waals surface area (Å²) in [6, 6.07) is 23.8. The van der Waals surface area contributed by atoms with Crippen molar-refractivity contribution in [3.8, 4) is 0 Å². The third-order valence-electron chi connectivity index (χ3n) is 5.75. The quantitative estimate of drug-likeness (QED) is 0.217. The Morgan fingerprint density at radius 1 is 0.973 bits per heavy atom. The van der Waals surface area contributed by atoms with Crippen molar-refractivity contribution in [2.24, 2.45) is 0 Å². The highest BCUT2D eigenvalue weighted by Gasteiger charge is 2.26. The van der Waals surface area contributed by atoms with E-state index < -0.39 is 10.0 Å². The van der Waals surface area contributed by atoms with E-state index in [-0.39, 0.29) is 23.9 Å². The molecule has 2 aromatic heterocycles. The first kappa shape index (κ1) is 25.0. The summed E-state index contributed by atoms with van der Waals surface area (Å²) in [6.45, 7) is 2.20. The molecule has 10 heteroatoms. The van der Waals surface area contributed by atoms with Crippen molar-refractivity contribution in [3.05, 3.63) is 108 Å². The number of hydrogen-bond acceptors (Lipinski definition) is 6. The Bertz CT molecular complexity index is 1630. The van der Waals surface area contributed by atoms with Gasteiger partial charge in [-0.1, -0.05) is 47.2 Å². The molecule has 0 aliphatic carbocycles. The molecular formula is C27H22ClN3O4S2. The molecular weight excluding hydrogens is 530 g/mol. The van der Waals surface area contributed by atoms with Crippen molar-refractivity contribution in [1.82, 2.24) is 4.98 Å². The van der Waals surface area contributed by atoms with Crippen LogP contribution in [0.15, 0.2) is 101 Å².